The van der Waals surface area contributed by atoms with E-state index in [9.17, 15) is 12.6 Å². The van der Waals surface area contributed by atoms with Crippen molar-refractivity contribution in [3.8, 4) is 0 Å². The van der Waals surface area contributed by atoms with Gasteiger partial charge in [-0.3, -0.25) is 9.36 Å². The van der Waals surface area contributed by atoms with Gasteiger partial charge in [-0.05, 0) is 0 Å². The minimum absolute atomic E-state index is 0.833. The van der Waals surface area contributed by atoms with E-state index in [1.54, 1.807) is 0 Å². The maximum Gasteiger partial charge on any atom is 0.456 e. The Balaban J connectivity index is -0.000000101. The molecule has 0 unspecified atom stereocenters. The third-order valence-electron chi connectivity index (χ3n) is 0. The van der Waals surface area contributed by atoms with E-state index in [4.69, 9.17) is 24.3 Å². The van der Waals surface area contributed by atoms with Crippen LogP contribution in [-0.4, -0.2) is 20.9 Å². The maximum atomic E-state index is 9.73. The highest BCUT2D eigenvalue weighted by Crippen LogP contribution is 2.39. The lowest BCUT2D eigenvalue weighted by molar-refractivity contribution is -0.134. The summed E-state index contributed by atoms with van der Waals surface area (Å²) in [5.41, 5.74) is 0. The molecule has 0 heterocycles. The third-order valence-corrected chi connectivity index (χ3v) is 0. The van der Waals surface area contributed by atoms with Crippen LogP contribution in [0.5, 0.6) is 0 Å². The van der Waals surface area contributed by atoms with Crippen LogP contribution in [0, 0.1) is 0 Å². The first kappa shape index (κ1) is 17.8. The Kier molecular flexibility index (Phi) is 19.9. The summed E-state index contributed by atoms with van der Waals surface area (Å²) in [7, 11) is -7.25. The molecule has 0 spiro atoms. The van der Waals surface area contributed by atoms with Crippen molar-refractivity contribution in [3.63, 3.8) is 0 Å². The first-order valence-corrected chi connectivity index (χ1v) is 4.40. The van der Waals surface area contributed by atoms with Crippen LogP contribution in [0.25, 0.3) is 0 Å². The second kappa shape index (κ2) is 13.4. The predicted octanol–water partition coefficient (Wildman–Crippen LogP) is 1.57. The number of rotatable bonds is 0. The van der Waals surface area contributed by atoms with Crippen LogP contribution in [0.2, 0.25) is 0 Å². The molecule has 0 amide bonds. The minimum Gasteiger partial charge on any atom is -0.481 e. The van der Waals surface area contributed by atoms with E-state index in [0.29, 0.717) is 0 Å². The van der Waals surface area contributed by atoms with Crippen molar-refractivity contribution in [2.45, 2.75) is 6.92 Å². The zero-order chi connectivity index (χ0) is 10.7. The first-order valence-electron chi connectivity index (χ1n) is 2.09. The molecule has 0 aliphatic carbocycles. The zero-order valence-corrected chi connectivity index (χ0v) is 7.63. The van der Waals surface area contributed by atoms with E-state index in [2.05, 4.69) is 0 Å². The molecule has 76 valence electrons. The predicted molar refractivity (Wildman–Crippen MR) is 37.0 cm³/mol. The highest BCUT2D eigenvalue weighted by molar-refractivity contribution is 7.40. The summed E-state index contributed by atoms with van der Waals surface area (Å²) in [5.74, 6) is -0.833. The Labute approximate surface area is 67.9 Å². The Morgan fingerprint density at radius 3 is 1.33 bits per heavy atom. The van der Waals surface area contributed by atoms with E-state index < -0.39 is 23.1 Å². The monoisotopic (exact) mass is 230 g/mol. The average Bonchev–Trinajstić information content (AvgIpc) is 1.54. The maximum absolute atomic E-state index is 9.73. The molecule has 10 heteroatoms. The molecule has 0 saturated heterocycles. The quantitative estimate of drug-likeness (QED) is 0.549. The highest BCUT2D eigenvalue weighted by Gasteiger charge is 1.91. The Morgan fingerprint density at radius 2 is 1.33 bits per heavy atom. The molecule has 0 aromatic carbocycles. The van der Waals surface area contributed by atoms with Gasteiger partial charge in [0, 0.05) is 6.92 Å². The van der Waals surface area contributed by atoms with Gasteiger partial charge in [-0.2, -0.15) is 12.6 Å². The molecule has 0 bridgehead atoms. The number of carboxylic acid groups (broad SMARTS) is 1. The van der Waals surface area contributed by atoms with Crippen LogP contribution >= 0.6 is 17.1 Å². The van der Waals surface area contributed by atoms with Gasteiger partial charge in [0.25, 0.3) is 5.97 Å². The molecule has 5 nitrogen and oxygen atoms in total. The summed E-state index contributed by atoms with van der Waals surface area (Å²) in [5, 5.41) is 7.42. The lowest BCUT2D eigenvalue weighted by Gasteiger charge is -1.61. The molecule has 0 saturated carbocycles. The van der Waals surface area contributed by atoms with Gasteiger partial charge in [-0.1, -0.05) is 0 Å². The van der Waals surface area contributed by atoms with Crippen molar-refractivity contribution < 1.29 is 36.8 Å². The SMILES string of the molecule is CC(=O)O.FP(F)F.O=[PH](O)O. The third kappa shape index (κ3) is 30000. The number of halogens is 3. The second-order valence-corrected chi connectivity index (χ2v) is 1.94. The van der Waals surface area contributed by atoms with Crippen LogP contribution in [0.4, 0.5) is 12.6 Å². The van der Waals surface area contributed by atoms with Gasteiger partial charge in [0.15, 0.2) is 0 Å². The summed E-state index contributed by atoms with van der Waals surface area (Å²) in [4.78, 5) is 23.3. The lowest BCUT2D eigenvalue weighted by atomic mass is 10.9. The van der Waals surface area contributed by atoms with Gasteiger partial charge >= 0.3 is 17.1 Å². The fourth-order valence-corrected chi connectivity index (χ4v) is 0. The summed E-state index contributed by atoms with van der Waals surface area (Å²) in [6, 6.07) is 0. The van der Waals surface area contributed by atoms with E-state index in [1.807, 2.05) is 0 Å². The minimum atomic E-state index is -4.12. The van der Waals surface area contributed by atoms with Crippen LogP contribution < -0.4 is 0 Å². The van der Waals surface area contributed by atoms with Gasteiger partial charge in [0.2, 0.25) is 0 Å². The van der Waals surface area contributed by atoms with Crippen molar-refractivity contribution in [2.75, 3.05) is 0 Å². The smallest absolute Gasteiger partial charge is 0.456 e. The topological polar surface area (TPSA) is 94.8 Å². The van der Waals surface area contributed by atoms with Crippen molar-refractivity contribution in [2.24, 2.45) is 0 Å². The molecule has 0 aromatic heterocycles. The van der Waals surface area contributed by atoms with Crippen LogP contribution in [-0.2, 0) is 9.36 Å². The summed E-state index contributed by atoms with van der Waals surface area (Å²) < 4.78 is 37.9. The molecule has 0 atom stereocenters. The largest absolute Gasteiger partial charge is 0.481 e. The van der Waals surface area contributed by atoms with E-state index in [1.165, 1.54) is 0 Å². The van der Waals surface area contributed by atoms with Gasteiger partial charge < -0.3 is 14.9 Å². The van der Waals surface area contributed by atoms with Gasteiger partial charge in [0.1, 0.15) is 0 Å². The Morgan fingerprint density at radius 1 is 1.33 bits per heavy atom. The number of aliphatic carboxylic acids is 1. The Bertz CT molecular complexity index is 107. The summed E-state index contributed by atoms with van der Waals surface area (Å²) >= 11 is 0. The molecule has 0 aliphatic heterocycles. The Hall–Kier alpha value is -0.160. The fraction of sp³-hybridized carbons (Fsp3) is 0.500. The van der Waals surface area contributed by atoms with Crippen LogP contribution in [0.1, 0.15) is 6.92 Å². The average molecular weight is 230 g/mol. The van der Waals surface area contributed by atoms with Gasteiger partial charge in [-0.15, -0.1) is 0 Å². The van der Waals surface area contributed by atoms with Crippen LogP contribution in [0.15, 0.2) is 0 Å². The number of carboxylic acids is 1. The fourth-order valence-electron chi connectivity index (χ4n) is 0. The number of carbonyl (C=O) groups is 1. The van der Waals surface area contributed by atoms with E-state index >= 15 is 0 Å². The van der Waals surface area contributed by atoms with Gasteiger partial charge in [0.05, 0.1) is 0 Å². The number of hydrogen-bond acceptors (Lipinski definition) is 2. The van der Waals surface area contributed by atoms with Gasteiger partial charge in [-0.25, -0.2) is 0 Å². The molecular formula is C2H7F3O5P2. The molecule has 0 rings (SSSR count). The van der Waals surface area contributed by atoms with Crippen LogP contribution in [0.3, 0.4) is 0 Å². The molecule has 0 fully saturated rings. The van der Waals surface area contributed by atoms with E-state index in [0.717, 1.165) is 6.92 Å². The summed E-state index contributed by atoms with van der Waals surface area (Å²) in [6.07, 6.45) is 0. The first-order chi connectivity index (χ1) is 5.20. The molecular weight excluding hydrogens is 223 g/mol. The molecule has 0 aromatic rings. The molecule has 3 N–H and O–H groups in total. The lowest BCUT2D eigenvalue weighted by Crippen LogP contribution is -1.78. The zero-order valence-electron chi connectivity index (χ0n) is 5.74. The molecule has 12 heavy (non-hydrogen) atoms. The number of hydrogen-bond donors (Lipinski definition) is 3. The van der Waals surface area contributed by atoms with Crippen molar-refractivity contribution in [1.82, 2.24) is 0 Å². The van der Waals surface area contributed by atoms with E-state index in [-0.39, 0.29) is 0 Å². The highest BCUT2D eigenvalue weighted by atomic mass is 31.2. The van der Waals surface area contributed by atoms with Crippen molar-refractivity contribution in [1.29, 1.82) is 0 Å². The van der Waals surface area contributed by atoms with Crippen molar-refractivity contribution >= 4 is 23.1 Å². The molecule has 0 radical (unpaired) electrons. The summed E-state index contributed by atoms with van der Waals surface area (Å²) in [6.45, 7) is 1.08. The second-order valence-electron chi connectivity index (χ2n) is 0.993. The molecule has 0 aliphatic rings. The van der Waals surface area contributed by atoms with Crippen molar-refractivity contribution in [3.05, 3.63) is 0 Å². The normalized spacial score (nSPS) is 8.00. The standard InChI is InChI=1S/C2H4O2.F3P.H3O3P/c1-2(3)4;2*1-4(2)3/h1H3,(H,3,4);;4H,(H2,1,2,3).